The van der Waals surface area contributed by atoms with E-state index in [1.807, 2.05) is 0 Å². The van der Waals surface area contributed by atoms with Gasteiger partial charge in [0, 0.05) is 6.04 Å². The number of carbonyl (C=O) groups is 2. The van der Waals surface area contributed by atoms with Crippen LogP contribution >= 0.6 is 11.8 Å². The third kappa shape index (κ3) is 3.83. The highest BCUT2D eigenvalue weighted by molar-refractivity contribution is 7.99. The Bertz CT molecular complexity index is 1020. The molecular formula is C24H29N3O4S. The maximum atomic E-state index is 13.4. The number of aliphatic hydroxyl groups is 1. The first-order valence-electron chi connectivity index (χ1n) is 11.4. The molecule has 3 N–H and O–H groups in total. The third-order valence-corrected chi connectivity index (χ3v) is 8.59. The van der Waals surface area contributed by atoms with Crippen molar-refractivity contribution in [2.75, 3.05) is 5.75 Å². The summed E-state index contributed by atoms with van der Waals surface area (Å²) in [7, 11) is 0. The smallest absolute Gasteiger partial charge is 0.335 e. The van der Waals surface area contributed by atoms with E-state index in [0.29, 0.717) is 23.3 Å². The van der Waals surface area contributed by atoms with Gasteiger partial charge in [0.15, 0.2) is 0 Å². The molecule has 5 atom stereocenters. The average Bonchev–Trinajstić information content (AvgIpc) is 3.17. The first kappa shape index (κ1) is 21.5. The fourth-order valence-electron chi connectivity index (χ4n) is 6.21. The Balaban J connectivity index is 1.39. The van der Waals surface area contributed by atoms with Crippen LogP contribution in [0.15, 0.2) is 35.5 Å². The highest BCUT2D eigenvalue weighted by Crippen LogP contribution is 2.55. The Hall–Kier alpha value is -2.32. The number of carbonyl (C=O) groups excluding carboxylic acids is 1. The summed E-state index contributed by atoms with van der Waals surface area (Å²) in [5.74, 6) is 1.06. The van der Waals surface area contributed by atoms with E-state index in [0.717, 1.165) is 55.0 Å². The predicted molar refractivity (Wildman–Crippen MR) is 121 cm³/mol. The monoisotopic (exact) mass is 455 g/mol. The second kappa shape index (κ2) is 8.23. The van der Waals surface area contributed by atoms with Crippen LogP contribution in [0.25, 0.3) is 5.69 Å². The highest BCUT2D eigenvalue weighted by atomic mass is 32.2. The van der Waals surface area contributed by atoms with E-state index in [1.54, 1.807) is 46.9 Å². The molecule has 1 aromatic heterocycles. The summed E-state index contributed by atoms with van der Waals surface area (Å²) < 4.78 is 1.72. The van der Waals surface area contributed by atoms with Crippen LogP contribution in [0.1, 0.15) is 66.2 Å². The molecule has 7 nitrogen and oxygen atoms in total. The van der Waals surface area contributed by atoms with Crippen LogP contribution in [-0.4, -0.2) is 49.3 Å². The minimum atomic E-state index is -0.974. The summed E-state index contributed by atoms with van der Waals surface area (Å²) in [6, 6.07) is 6.64. The number of benzene rings is 1. The van der Waals surface area contributed by atoms with Crippen LogP contribution in [-0.2, 0) is 0 Å². The maximum Gasteiger partial charge on any atom is 0.335 e. The number of aromatic carboxylic acids is 1. The van der Waals surface area contributed by atoms with Gasteiger partial charge in [-0.05, 0) is 86.3 Å². The van der Waals surface area contributed by atoms with E-state index in [1.165, 1.54) is 0 Å². The van der Waals surface area contributed by atoms with Gasteiger partial charge in [-0.2, -0.15) is 5.10 Å². The summed E-state index contributed by atoms with van der Waals surface area (Å²) in [6.45, 7) is 2.09. The van der Waals surface area contributed by atoms with Gasteiger partial charge in [-0.3, -0.25) is 4.79 Å². The Morgan fingerprint density at radius 3 is 2.47 bits per heavy atom. The van der Waals surface area contributed by atoms with Crippen LogP contribution in [0.5, 0.6) is 0 Å². The van der Waals surface area contributed by atoms with Crippen molar-refractivity contribution in [1.29, 1.82) is 0 Å². The number of hydrogen-bond acceptors (Lipinski definition) is 5. The summed E-state index contributed by atoms with van der Waals surface area (Å²) in [5, 5.41) is 28.5. The number of nitrogens with zero attached hydrogens (tertiary/aromatic N) is 2. The van der Waals surface area contributed by atoms with Gasteiger partial charge in [-0.1, -0.05) is 6.92 Å². The molecule has 0 aliphatic heterocycles. The van der Waals surface area contributed by atoms with Gasteiger partial charge in [0.2, 0.25) is 0 Å². The van der Waals surface area contributed by atoms with Gasteiger partial charge < -0.3 is 15.5 Å². The van der Waals surface area contributed by atoms with E-state index >= 15 is 0 Å². The van der Waals surface area contributed by atoms with Crippen molar-refractivity contribution < 1.29 is 19.8 Å². The molecule has 1 heterocycles. The number of hydrogen-bond donors (Lipinski definition) is 3. The predicted octanol–water partition coefficient (Wildman–Crippen LogP) is 3.74. The van der Waals surface area contributed by atoms with Gasteiger partial charge in [-0.15, -0.1) is 11.8 Å². The molecule has 2 aromatic rings. The molecule has 3 unspecified atom stereocenters. The Kier molecular flexibility index (Phi) is 5.53. The van der Waals surface area contributed by atoms with Crippen molar-refractivity contribution in [2.24, 2.45) is 17.8 Å². The van der Waals surface area contributed by atoms with Crippen molar-refractivity contribution in [3.8, 4) is 5.69 Å². The maximum absolute atomic E-state index is 13.4. The average molecular weight is 456 g/mol. The SMILES string of the molecule is CCCSc1c(C(=O)N[C@@H]2C3CC4C[C@H]2CC(O)(C4)C3)cnn1-c1ccc(C(=O)O)cc1. The Morgan fingerprint density at radius 1 is 1.19 bits per heavy atom. The fraction of sp³-hybridized carbons (Fsp3) is 0.542. The largest absolute Gasteiger partial charge is 0.478 e. The molecule has 8 heteroatoms. The number of carboxylic acid groups (broad SMARTS) is 1. The molecule has 6 rings (SSSR count). The van der Waals surface area contributed by atoms with Crippen LogP contribution < -0.4 is 5.32 Å². The zero-order valence-electron chi connectivity index (χ0n) is 18.2. The van der Waals surface area contributed by atoms with Crippen molar-refractivity contribution in [2.45, 2.75) is 62.1 Å². The second-order valence-corrected chi connectivity index (χ2v) is 10.8. The van der Waals surface area contributed by atoms with E-state index < -0.39 is 11.6 Å². The fourth-order valence-corrected chi connectivity index (χ4v) is 7.18. The number of rotatable bonds is 7. The van der Waals surface area contributed by atoms with E-state index in [-0.39, 0.29) is 17.5 Å². The molecule has 0 saturated heterocycles. The Morgan fingerprint density at radius 2 is 1.88 bits per heavy atom. The van der Waals surface area contributed by atoms with E-state index in [4.69, 9.17) is 5.11 Å². The number of thioether (sulfide) groups is 1. The number of carboxylic acids is 1. The zero-order chi connectivity index (χ0) is 22.5. The molecule has 4 fully saturated rings. The van der Waals surface area contributed by atoms with Gasteiger partial charge >= 0.3 is 5.97 Å². The van der Waals surface area contributed by atoms with Crippen molar-refractivity contribution in [3.05, 3.63) is 41.6 Å². The molecule has 4 aliphatic rings. The first-order chi connectivity index (χ1) is 15.4. The van der Waals surface area contributed by atoms with Gasteiger partial charge in [0.1, 0.15) is 5.03 Å². The highest BCUT2D eigenvalue weighted by Gasteiger charge is 2.55. The van der Waals surface area contributed by atoms with E-state index in [9.17, 15) is 14.7 Å². The van der Waals surface area contributed by atoms with Crippen molar-refractivity contribution in [3.63, 3.8) is 0 Å². The molecule has 4 saturated carbocycles. The van der Waals surface area contributed by atoms with E-state index in [2.05, 4.69) is 17.3 Å². The first-order valence-corrected chi connectivity index (χ1v) is 12.4. The zero-order valence-corrected chi connectivity index (χ0v) is 19.0. The molecule has 0 spiro atoms. The topological polar surface area (TPSA) is 104 Å². The van der Waals surface area contributed by atoms with Gasteiger partial charge in [-0.25, -0.2) is 9.48 Å². The molecular weight excluding hydrogens is 426 g/mol. The minimum Gasteiger partial charge on any atom is -0.478 e. The van der Waals surface area contributed by atoms with Gasteiger partial charge in [0.25, 0.3) is 5.91 Å². The summed E-state index contributed by atoms with van der Waals surface area (Å²) in [6.07, 6.45) is 7.26. The number of amides is 1. The molecule has 170 valence electrons. The van der Waals surface area contributed by atoms with Crippen LogP contribution in [0.2, 0.25) is 0 Å². The van der Waals surface area contributed by atoms with Crippen molar-refractivity contribution >= 4 is 23.6 Å². The van der Waals surface area contributed by atoms with Crippen LogP contribution in [0.3, 0.4) is 0 Å². The van der Waals surface area contributed by atoms with Crippen LogP contribution in [0.4, 0.5) is 0 Å². The number of aromatic nitrogens is 2. The number of nitrogens with one attached hydrogen (secondary N) is 1. The minimum absolute atomic E-state index is 0.110. The molecule has 4 aliphatic carbocycles. The quantitative estimate of drug-likeness (QED) is 0.550. The lowest BCUT2D eigenvalue weighted by Crippen LogP contribution is -2.61. The molecule has 4 bridgehead atoms. The molecule has 1 amide bonds. The van der Waals surface area contributed by atoms with Crippen LogP contribution in [0, 0.1) is 17.8 Å². The molecule has 0 radical (unpaired) electrons. The Labute approximate surface area is 191 Å². The lowest BCUT2D eigenvalue weighted by Gasteiger charge is -2.58. The molecule has 1 aromatic carbocycles. The normalized spacial score (nSPS) is 30.4. The van der Waals surface area contributed by atoms with Crippen molar-refractivity contribution in [1.82, 2.24) is 15.1 Å². The van der Waals surface area contributed by atoms with Gasteiger partial charge in [0.05, 0.1) is 28.6 Å². The summed E-state index contributed by atoms with van der Waals surface area (Å²) in [4.78, 5) is 24.5. The lowest BCUT2D eigenvalue weighted by atomic mass is 9.52. The third-order valence-electron chi connectivity index (χ3n) is 7.31. The lowest BCUT2D eigenvalue weighted by molar-refractivity contribution is -0.136. The summed E-state index contributed by atoms with van der Waals surface area (Å²) >= 11 is 1.59. The molecule has 32 heavy (non-hydrogen) atoms. The second-order valence-electron chi connectivity index (χ2n) is 9.67. The summed E-state index contributed by atoms with van der Waals surface area (Å²) in [5.41, 5.74) is 0.973. The standard InChI is InChI=1S/C24H29N3O4S/c1-2-7-32-22-19(13-25-27(22)18-5-3-15(4-6-18)23(29)30)21(28)26-20-16-8-14-9-17(20)12-24(31,10-14)11-16/h3-6,13-14,16-17,20,31H,2,7-12H2,1H3,(H,26,28)(H,29,30)/t14?,16-,17?,20-,24?/m0/s1.